The molecule has 1 saturated carbocycles. The Hall–Kier alpha value is -1.56. The smallest absolute Gasteiger partial charge is 0.265 e. The van der Waals surface area contributed by atoms with Crippen molar-refractivity contribution in [1.82, 2.24) is 19.9 Å². The predicted octanol–water partition coefficient (Wildman–Crippen LogP) is 2.96. The SMILES string of the molecule is Cc1cnc(-c2nc(C3CCCC3)c(Br)c(=O)[nH]2)nc1. The van der Waals surface area contributed by atoms with Crippen molar-refractivity contribution in [3.63, 3.8) is 0 Å². The van der Waals surface area contributed by atoms with Crippen LogP contribution >= 0.6 is 15.9 Å². The number of halogens is 1. The lowest BCUT2D eigenvalue weighted by molar-refractivity contribution is 0.687. The maximum absolute atomic E-state index is 12.1. The molecule has 0 saturated heterocycles. The van der Waals surface area contributed by atoms with Gasteiger partial charge in [0.25, 0.3) is 5.56 Å². The summed E-state index contributed by atoms with van der Waals surface area (Å²) in [5.41, 5.74) is 1.65. The summed E-state index contributed by atoms with van der Waals surface area (Å²) in [4.78, 5) is 27.8. The van der Waals surface area contributed by atoms with Gasteiger partial charge in [0.05, 0.1) is 5.69 Å². The average molecular weight is 335 g/mol. The summed E-state index contributed by atoms with van der Waals surface area (Å²) in [5.74, 6) is 1.26. The first-order valence-corrected chi connectivity index (χ1v) is 7.53. The van der Waals surface area contributed by atoms with Gasteiger partial charge >= 0.3 is 0 Å². The van der Waals surface area contributed by atoms with E-state index in [-0.39, 0.29) is 5.56 Å². The number of hydrogen-bond donors (Lipinski definition) is 1. The van der Waals surface area contributed by atoms with Crippen molar-refractivity contribution in [2.75, 3.05) is 0 Å². The van der Waals surface area contributed by atoms with E-state index in [9.17, 15) is 4.79 Å². The Kier molecular flexibility index (Phi) is 3.65. The van der Waals surface area contributed by atoms with Gasteiger partial charge in [0.1, 0.15) is 4.47 Å². The van der Waals surface area contributed by atoms with E-state index in [1.54, 1.807) is 12.4 Å². The number of aromatic nitrogens is 4. The fourth-order valence-corrected chi connectivity index (χ4v) is 3.08. The number of nitrogens with one attached hydrogen (secondary N) is 1. The number of H-pyrrole nitrogens is 1. The van der Waals surface area contributed by atoms with Gasteiger partial charge < -0.3 is 4.98 Å². The summed E-state index contributed by atoms with van der Waals surface area (Å²) in [6.07, 6.45) is 8.01. The topological polar surface area (TPSA) is 71.5 Å². The Morgan fingerprint density at radius 3 is 2.55 bits per heavy atom. The van der Waals surface area contributed by atoms with Crippen LogP contribution in [0.3, 0.4) is 0 Å². The van der Waals surface area contributed by atoms with E-state index in [1.165, 1.54) is 12.8 Å². The van der Waals surface area contributed by atoms with Crippen LogP contribution in [0.1, 0.15) is 42.9 Å². The van der Waals surface area contributed by atoms with E-state index in [2.05, 4.69) is 35.9 Å². The third kappa shape index (κ3) is 2.52. The molecule has 0 aromatic carbocycles. The Labute approximate surface area is 125 Å². The van der Waals surface area contributed by atoms with Crippen LogP contribution in [0.2, 0.25) is 0 Å². The molecule has 5 nitrogen and oxygen atoms in total. The summed E-state index contributed by atoms with van der Waals surface area (Å²) in [6, 6.07) is 0. The van der Waals surface area contributed by atoms with Crippen molar-refractivity contribution in [3.05, 3.63) is 38.5 Å². The zero-order valence-electron chi connectivity index (χ0n) is 11.2. The second-order valence-corrected chi connectivity index (χ2v) is 5.97. The molecule has 0 spiro atoms. The van der Waals surface area contributed by atoms with E-state index in [4.69, 9.17) is 0 Å². The largest absolute Gasteiger partial charge is 0.303 e. The molecule has 0 atom stereocenters. The first-order chi connectivity index (χ1) is 9.65. The summed E-state index contributed by atoms with van der Waals surface area (Å²) < 4.78 is 0.542. The lowest BCUT2D eigenvalue weighted by atomic mass is 10.0. The maximum atomic E-state index is 12.1. The van der Waals surface area contributed by atoms with Crippen molar-refractivity contribution in [3.8, 4) is 11.6 Å². The van der Waals surface area contributed by atoms with Gasteiger partial charge in [0.15, 0.2) is 11.6 Å². The predicted molar refractivity (Wildman–Crippen MR) is 79.5 cm³/mol. The Bertz CT molecular complexity index is 675. The molecule has 1 N–H and O–H groups in total. The van der Waals surface area contributed by atoms with E-state index >= 15 is 0 Å². The van der Waals surface area contributed by atoms with Gasteiger partial charge in [-0.1, -0.05) is 12.8 Å². The first kappa shape index (κ1) is 13.4. The minimum atomic E-state index is -0.166. The molecular weight excluding hydrogens is 320 g/mol. The highest BCUT2D eigenvalue weighted by Crippen LogP contribution is 2.35. The number of rotatable bonds is 2. The molecule has 6 heteroatoms. The van der Waals surface area contributed by atoms with E-state index in [0.29, 0.717) is 22.0 Å². The molecular formula is C14H15BrN4O. The third-order valence-electron chi connectivity index (χ3n) is 3.62. The van der Waals surface area contributed by atoms with Crippen LogP contribution in [-0.2, 0) is 0 Å². The Balaban J connectivity index is 2.08. The Morgan fingerprint density at radius 1 is 1.25 bits per heavy atom. The highest BCUT2D eigenvalue weighted by atomic mass is 79.9. The molecule has 1 fully saturated rings. The summed E-state index contributed by atoms with van der Waals surface area (Å²) >= 11 is 3.36. The molecule has 0 bridgehead atoms. The van der Waals surface area contributed by atoms with Gasteiger partial charge in [-0.15, -0.1) is 0 Å². The number of aromatic amines is 1. The van der Waals surface area contributed by atoms with Gasteiger partial charge in [-0.25, -0.2) is 15.0 Å². The van der Waals surface area contributed by atoms with Gasteiger partial charge in [0, 0.05) is 18.3 Å². The Morgan fingerprint density at radius 2 is 1.90 bits per heavy atom. The minimum absolute atomic E-state index is 0.166. The van der Waals surface area contributed by atoms with Crippen LogP contribution in [0.25, 0.3) is 11.6 Å². The highest BCUT2D eigenvalue weighted by Gasteiger charge is 2.23. The van der Waals surface area contributed by atoms with E-state index in [0.717, 1.165) is 24.1 Å². The molecule has 0 radical (unpaired) electrons. The van der Waals surface area contributed by atoms with Crippen LogP contribution in [-0.4, -0.2) is 19.9 Å². The zero-order chi connectivity index (χ0) is 14.1. The standard InChI is InChI=1S/C14H15BrN4O/c1-8-6-16-12(17-7-8)13-18-11(9-4-2-3-5-9)10(15)14(20)19-13/h6-7,9H,2-5H2,1H3,(H,18,19,20). The van der Waals surface area contributed by atoms with Crippen molar-refractivity contribution < 1.29 is 0 Å². The summed E-state index contributed by atoms with van der Waals surface area (Å²) in [5, 5.41) is 0. The molecule has 2 aromatic heterocycles. The molecule has 1 aliphatic carbocycles. The normalized spacial score (nSPS) is 15.7. The minimum Gasteiger partial charge on any atom is -0.303 e. The van der Waals surface area contributed by atoms with Crippen LogP contribution in [0.4, 0.5) is 0 Å². The molecule has 0 unspecified atom stereocenters. The first-order valence-electron chi connectivity index (χ1n) is 6.74. The highest BCUT2D eigenvalue weighted by molar-refractivity contribution is 9.10. The van der Waals surface area contributed by atoms with E-state index in [1.807, 2.05) is 6.92 Å². The molecule has 0 amide bonds. The van der Waals surface area contributed by atoms with Crippen molar-refractivity contribution in [1.29, 1.82) is 0 Å². The van der Waals surface area contributed by atoms with Gasteiger partial charge in [-0.2, -0.15) is 0 Å². The lowest BCUT2D eigenvalue weighted by Crippen LogP contribution is -2.16. The summed E-state index contributed by atoms with van der Waals surface area (Å²) in [6.45, 7) is 1.92. The monoisotopic (exact) mass is 334 g/mol. The molecule has 20 heavy (non-hydrogen) atoms. The number of aryl methyl sites for hydroxylation is 1. The molecule has 3 rings (SSSR count). The quantitative estimate of drug-likeness (QED) is 0.916. The van der Waals surface area contributed by atoms with Gasteiger partial charge in [-0.3, -0.25) is 4.79 Å². The van der Waals surface area contributed by atoms with Crippen LogP contribution < -0.4 is 5.56 Å². The number of hydrogen-bond acceptors (Lipinski definition) is 4. The van der Waals surface area contributed by atoms with Crippen molar-refractivity contribution in [2.24, 2.45) is 0 Å². The second kappa shape index (κ2) is 5.44. The van der Waals surface area contributed by atoms with Crippen LogP contribution in [0.5, 0.6) is 0 Å². The van der Waals surface area contributed by atoms with Crippen LogP contribution in [0.15, 0.2) is 21.7 Å². The fraction of sp³-hybridized carbons (Fsp3) is 0.429. The van der Waals surface area contributed by atoms with E-state index < -0.39 is 0 Å². The summed E-state index contributed by atoms with van der Waals surface area (Å²) in [7, 11) is 0. The molecule has 1 aliphatic rings. The fourth-order valence-electron chi connectivity index (χ4n) is 2.57. The molecule has 2 heterocycles. The van der Waals surface area contributed by atoms with Crippen LogP contribution in [0, 0.1) is 6.92 Å². The van der Waals surface area contributed by atoms with Gasteiger partial charge in [-0.05, 0) is 41.3 Å². The van der Waals surface area contributed by atoms with Gasteiger partial charge in [0.2, 0.25) is 0 Å². The maximum Gasteiger partial charge on any atom is 0.265 e. The zero-order valence-corrected chi connectivity index (χ0v) is 12.8. The van der Waals surface area contributed by atoms with Crippen molar-refractivity contribution >= 4 is 15.9 Å². The van der Waals surface area contributed by atoms with Crippen molar-refractivity contribution in [2.45, 2.75) is 38.5 Å². The third-order valence-corrected chi connectivity index (χ3v) is 4.39. The average Bonchev–Trinajstić information content (AvgIpc) is 2.96. The number of nitrogens with zero attached hydrogens (tertiary/aromatic N) is 3. The lowest BCUT2D eigenvalue weighted by Gasteiger charge is -2.11. The molecule has 0 aliphatic heterocycles. The molecule has 2 aromatic rings. The molecule has 104 valence electrons. The second-order valence-electron chi connectivity index (χ2n) is 5.18.